The molecule has 1 saturated heterocycles. The van der Waals surface area contributed by atoms with E-state index in [-0.39, 0.29) is 11.6 Å². The van der Waals surface area contributed by atoms with Crippen molar-refractivity contribution in [3.8, 4) is 11.6 Å². The first-order valence-corrected chi connectivity index (χ1v) is 8.28. The molecule has 3 N–H and O–H groups in total. The fourth-order valence-electron chi connectivity index (χ4n) is 2.59. The van der Waals surface area contributed by atoms with E-state index in [2.05, 4.69) is 20.1 Å². The number of hydrogen-bond acceptors (Lipinski definition) is 7. The summed E-state index contributed by atoms with van der Waals surface area (Å²) < 4.78 is 11.0. The molecule has 3 heterocycles. The van der Waals surface area contributed by atoms with Crippen LogP contribution in [0.15, 0.2) is 10.7 Å². The molecular weight excluding hydrogens is 290 g/mol. The van der Waals surface area contributed by atoms with Crippen molar-refractivity contribution in [2.45, 2.75) is 30.9 Å². The minimum atomic E-state index is -0.315. The number of nitrogens with zero attached hydrogens (tertiary/aromatic N) is 3. The van der Waals surface area contributed by atoms with E-state index in [9.17, 15) is 0 Å². The maximum absolute atomic E-state index is 6.25. The minimum absolute atomic E-state index is 0.0869. The van der Waals surface area contributed by atoms with Gasteiger partial charge in [-0.15, -0.1) is 0 Å². The number of nitrogens with one attached hydrogen (secondary N) is 1. The van der Waals surface area contributed by atoms with Gasteiger partial charge in [-0.05, 0) is 19.3 Å². The second-order valence-corrected chi connectivity index (χ2v) is 6.70. The maximum atomic E-state index is 6.25. The highest BCUT2D eigenvalue weighted by Crippen LogP contribution is 2.37. The van der Waals surface area contributed by atoms with Crippen LogP contribution in [0, 0.1) is 0 Å². The number of aromatic nitrogens is 4. The van der Waals surface area contributed by atoms with Gasteiger partial charge in [0.2, 0.25) is 5.82 Å². The SMILES string of the molecule is NC1(c2ncc(-c3nc(C4CSCCO4)no3)[nH]2)CCC1. The Kier molecular flexibility index (Phi) is 3.24. The van der Waals surface area contributed by atoms with Crippen LogP contribution < -0.4 is 5.73 Å². The molecule has 0 radical (unpaired) electrons. The predicted molar refractivity (Wildman–Crippen MR) is 77.6 cm³/mol. The molecule has 0 amide bonds. The Morgan fingerprint density at radius 3 is 3.05 bits per heavy atom. The van der Waals surface area contributed by atoms with Crippen molar-refractivity contribution in [2.24, 2.45) is 5.73 Å². The van der Waals surface area contributed by atoms with E-state index in [4.69, 9.17) is 15.0 Å². The summed E-state index contributed by atoms with van der Waals surface area (Å²) in [7, 11) is 0. The largest absolute Gasteiger partial charge is 0.368 e. The monoisotopic (exact) mass is 307 g/mol. The summed E-state index contributed by atoms with van der Waals surface area (Å²) in [6.07, 6.45) is 4.69. The molecule has 1 atom stereocenters. The van der Waals surface area contributed by atoms with Crippen molar-refractivity contribution >= 4 is 11.8 Å². The van der Waals surface area contributed by atoms with Crippen LogP contribution in [0.1, 0.15) is 37.0 Å². The molecule has 2 aromatic rings. The van der Waals surface area contributed by atoms with Crippen LogP contribution >= 0.6 is 11.8 Å². The zero-order chi connectivity index (χ0) is 14.3. The molecule has 1 unspecified atom stereocenters. The van der Waals surface area contributed by atoms with Crippen molar-refractivity contribution in [1.82, 2.24) is 20.1 Å². The van der Waals surface area contributed by atoms with Crippen molar-refractivity contribution in [3.63, 3.8) is 0 Å². The molecule has 21 heavy (non-hydrogen) atoms. The Bertz CT molecular complexity index is 630. The average molecular weight is 307 g/mol. The number of ether oxygens (including phenoxy) is 1. The average Bonchev–Trinajstić information content (AvgIpc) is 3.14. The van der Waals surface area contributed by atoms with Crippen molar-refractivity contribution in [2.75, 3.05) is 18.1 Å². The summed E-state index contributed by atoms with van der Waals surface area (Å²) in [6.45, 7) is 0.725. The summed E-state index contributed by atoms with van der Waals surface area (Å²) >= 11 is 1.84. The first-order valence-electron chi connectivity index (χ1n) is 7.12. The van der Waals surface area contributed by atoms with E-state index in [1.807, 2.05) is 11.8 Å². The molecule has 4 rings (SSSR count). The molecule has 1 saturated carbocycles. The molecule has 112 valence electrons. The fraction of sp³-hybridized carbons (Fsp3) is 0.615. The van der Waals surface area contributed by atoms with Crippen LogP contribution in [-0.2, 0) is 10.3 Å². The highest BCUT2D eigenvalue weighted by molar-refractivity contribution is 7.99. The van der Waals surface area contributed by atoms with Gasteiger partial charge in [-0.25, -0.2) is 4.98 Å². The number of thioether (sulfide) groups is 1. The lowest BCUT2D eigenvalue weighted by Crippen LogP contribution is -2.44. The molecule has 1 aliphatic carbocycles. The van der Waals surface area contributed by atoms with Crippen molar-refractivity contribution in [3.05, 3.63) is 17.8 Å². The maximum Gasteiger partial charge on any atom is 0.276 e. The van der Waals surface area contributed by atoms with Gasteiger partial charge in [-0.2, -0.15) is 16.7 Å². The minimum Gasteiger partial charge on any atom is -0.368 e. The lowest BCUT2D eigenvalue weighted by Gasteiger charge is -2.35. The first-order chi connectivity index (χ1) is 10.2. The Morgan fingerprint density at radius 1 is 1.43 bits per heavy atom. The van der Waals surface area contributed by atoms with Crippen LogP contribution in [0.5, 0.6) is 0 Å². The molecule has 2 aliphatic rings. The smallest absolute Gasteiger partial charge is 0.276 e. The molecular formula is C13H17N5O2S. The van der Waals surface area contributed by atoms with E-state index < -0.39 is 0 Å². The predicted octanol–water partition coefficient (Wildman–Crippen LogP) is 1.60. The third kappa shape index (κ3) is 2.37. The first kappa shape index (κ1) is 13.3. The van der Waals surface area contributed by atoms with Gasteiger partial charge in [-0.3, -0.25) is 0 Å². The third-order valence-corrected chi connectivity index (χ3v) is 5.06. The van der Waals surface area contributed by atoms with E-state index in [0.29, 0.717) is 17.4 Å². The number of nitrogens with two attached hydrogens (primary N) is 1. The third-order valence-electron chi connectivity index (χ3n) is 4.07. The summed E-state index contributed by atoms with van der Waals surface area (Å²) in [5.74, 6) is 3.71. The number of imidazole rings is 1. The van der Waals surface area contributed by atoms with Gasteiger partial charge in [-0.1, -0.05) is 5.16 Å². The number of aromatic amines is 1. The molecule has 2 aromatic heterocycles. The van der Waals surface area contributed by atoms with E-state index in [1.54, 1.807) is 6.20 Å². The highest BCUT2D eigenvalue weighted by Gasteiger charge is 2.37. The standard InChI is InChI=1S/C13H17N5O2S/c14-13(2-1-3-13)12-15-6-8(16-12)11-17-10(18-20-11)9-7-21-5-4-19-9/h6,9H,1-5,7,14H2,(H,15,16). The van der Waals surface area contributed by atoms with Gasteiger partial charge >= 0.3 is 0 Å². The lowest BCUT2D eigenvalue weighted by molar-refractivity contribution is 0.0677. The summed E-state index contributed by atoms with van der Waals surface area (Å²) in [6, 6.07) is 0. The van der Waals surface area contributed by atoms with Crippen molar-refractivity contribution in [1.29, 1.82) is 0 Å². The quantitative estimate of drug-likeness (QED) is 0.887. The van der Waals surface area contributed by atoms with Crippen LogP contribution in [0.2, 0.25) is 0 Å². The molecule has 0 bridgehead atoms. The van der Waals surface area contributed by atoms with Gasteiger partial charge in [0.1, 0.15) is 17.6 Å². The molecule has 7 nitrogen and oxygen atoms in total. The second-order valence-electron chi connectivity index (χ2n) is 5.55. The Balaban J connectivity index is 1.55. The topological polar surface area (TPSA) is 103 Å². The normalized spacial score (nSPS) is 24.7. The molecule has 0 spiro atoms. The van der Waals surface area contributed by atoms with E-state index in [1.165, 1.54) is 0 Å². The second kappa shape index (κ2) is 5.11. The molecule has 8 heteroatoms. The van der Waals surface area contributed by atoms with Gasteiger partial charge in [0.25, 0.3) is 5.89 Å². The molecule has 1 aliphatic heterocycles. The fourth-order valence-corrected chi connectivity index (χ4v) is 3.43. The van der Waals surface area contributed by atoms with Crippen LogP contribution in [0.3, 0.4) is 0 Å². The lowest BCUT2D eigenvalue weighted by atomic mass is 9.77. The van der Waals surface area contributed by atoms with Gasteiger partial charge < -0.3 is 20.0 Å². The van der Waals surface area contributed by atoms with E-state index >= 15 is 0 Å². The Hall–Kier alpha value is -1.38. The van der Waals surface area contributed by atoms with Crippen LogP contribution in [0.25, 0.3) is 11.6 Å². The number of rotatable bonds is 3. The molecule has 0 aromatic carbocycles. The van der Waals surface area contributed by atoms with Gasteiger partial charge in [0.05, 0.1) is 18.3 Å². The Morgan fingerprint density at radius 2 is 2.33 bits per heavy atom. The zero-order valence-electron chi connectivity index (χ0n) is 11.5. The number of H-pyrrole nitrogens is 1. The van der Waals surface area contributed by atoms with Crippen LogP contribution in [0.4, 0.5) is 0 Å². The van der Waals surface area contributed by atoms with E-state index in [0.717, 1.165) is 43.2 Å². The molecule has 2 fully saturated rings. The van der Waals surface area contributed by atoms with Gasteiger partial charge in [0, 0.05) is 11.5 Å². The Labute approximate surface area is 126 Å². The summed E-state index contributed by atoms with van der Waals surface area (Å²) in [5.41, 5.74) is 6.65. The number of hydrogen-bond donors (Lipinski definition) is 2. The summed E-state index contributed by atoms with van der Waals surface area (Å²) in [5, 5.41) is 4.02. The summed E-state index contributed by atoms with van der Waals surface area (Å²) in [4.78, 5) is 12.0. The van der Waals surface area contributed by atoms with Crippen LogP contribution in [-0.4, -0.2) is 38.2 Å². The van der Waals surface area contributed by atoms with Gasteiger partial charge in [0.15, 0.2) is 0 Å². The highest BCUT2D eigenvalue weighted by atomic mass is 32.2. The zero-order valence-corrected chi connectivity index (χ0v) is 12.4. The van der Waals surface area contributed by atoms with Crippen molar-refractivity contribution < 1.29 is 9.26 Å².